The lowest BCUT2D eigenvalue weighted by Gasteiger charge is -2.19. The number of urea groups is 1. The summed E-state index contributed by atoms with van der Waals surface area (Å²) in [6, 6.07) is 6.30. The van der Waals surface area contributed by atoms with Gasteiger partial charge >= 0.3 is 12.1 Å². The van der Waals surface area contributed by atoms with Crippen molar-refractivity contribution in [2.75, 3.05) is 30.2 Å². The van der Waals surface area contributed by atoms with Crippen LogP contribution in [0.3, 0.4) is 0 Å². The maximum atomic E-state index is 12.4. The Hall–Kier alpha value is -4.07. The number of nitriles is 1. The third-order valence-corrected chi connectivity index (χ3v) is 3.54. The van der Waals surface area contributed by atoms with Crippen molar-refractivity contribution in [3.05, 3.63) is 35.5 Å². The SMILES string of the molecule is Cc1cn(NC(=O)OC(C)(C)C)nc1NC(=O)Nc1ccc(N=CN(C)C)c(C#N)c1. The van der Waals surface area contributed by atoms with Gasteiger partial charge in [0.05, 0.1) is 23.8 Å². The number of anilines is 2. The van der Waals surface area contributed by atoms with Crippen molar-refractivity contribution in [3.63, 3.8) is 0 Å². The predicted octanol–water partition coefficient (Wildman–Crippen LogP) is 3.41. The number of nitrogens with zero attached hydrogens (tertiary/aromatic N) is 5. The molecule has 31 heavy (non-hydrogen) atoms. The van der Waals surface area contributed by atoms with E-state index in [9.17, 15) is 14.9 Å². The Kier molecular flexibility index (Phi) is 7.20. The molecular weight excluding hydrogens is 400 g/mol. The Balaban J connectivity index is 2.04. The van der Waals surface area contributed by atoms with Crippen LogP contribution in [-0.4, -0.2) is 52.9 Å². The molecule has 2 rings (SSSR count). The van der Waals surface area contributed by atoms with Crippen molar-refractivity contribution < 1.29 is 14.3 Å². The van der Waals surface area contributed by atoms with E-state index in [0.29, 0.717) is 22.5 Å². The fourth-order valence-corrected chi connectivity index (χ4v) is 2.30. The van der Waals surface area contributed by atoms with Gasteiger partial charge in [-0.05, 0) is 45.9 Å². The van der Waals surface area contributed by atoms with Gasteiger partial charge in [-0.2, -0.15) is 10.1 Å². The number of carbonyl (C=O) groups excluding carboxylic acids is 2. The second-order valence-electron chi connectivity index (χ2n) is 7.85. The van der Waals surface area contributed by atoms with Crippen LogP contribution in [0.15, 0.2) is 29.4 Å². The van der Waals surface area contributed by atoms with Gasteiger partial charge in [-0.15, -0.1) is 5.10 Å². The van der Waals surface area contributed by atoms with Crippen molar-refractivity contribution in [2.24, 2.45) is 4.99 Å². The standard InChI is InChI=1S/C20H26N8O3/c1-13-11-28(26-19(30)31-20(2,3)4)25-17(13)24-18(29)23-15-7-8-16(14(9-15)10-21)22-12-27(5)6/h7-9,11-12H,1-6H3,(H,26,30)(H2,23,24,25,29). The highest BCUT2D eigenvalue weighted by molar-refractivity contribution is 5.99. The average Bonchev–Trinajstić information content (AvgIpc) is 2.97. The van der Waals surface area contributed by atoms with E-state index in [-0.39, 0.29) is 5.82 Å². The topological polar surface area (TPSA) is 137 Å². The number of nitrogens with one attached hydrogen (secondary N) is 3. The Bertz CT molecular complexity index is 1030. The zero-order chi connectivity index (χ0) is 23.2. The summed E-state index contributed by atoms with van der Waals surface area (Å²) in [6.07, 6.45) is 2.44. The van der Waals surface area contributed by atoms with E-state index in [1.165, 1.54) is 12.3 Å². The van der Waals surface area contributed by atoms with Gasteiger partial charge in [-0.25, -0.2) is 20.0 Å². The van der Waals surface area contributed by atoms with Crippen molar-refractivity contribution in [1.82, 2.24) is 14.8 Å². The van der Waals surface area contributed by atoms with Gasteiger partial charge in [-0.1, -0.05) is 0 Å². The van der Waals surface area contributed by atoms with Crippen molar-refractivity contribution in [1.29, 1.82) is 5.26 Å². The van der Waals surface area contributed by atoms with Crippen LogP contribution in [0.4, 0.5) is 26.8 Å². The maximum Gasteiger partial charge on any atom is 0.428 e. The Labute approximate surface area is 180 Å². The van der Waals surface area contributed by atoms with Crippen LogP contribution in [0, 0.1) is 18.3 Å². The van der Waals surface area contributed by atoms with Crippen LogP contribution in [0.2, 0.25) is 0 Å². The third-order valence-electron chi connectivity index (χ3n) is 3.54. The first-order valence-electron chi connectivity index (χ1n) is 9.36. The lowest BCUT2D eigenvalue weighted by molar-refractivity contribution is 0.0609. The Morgan fingerprint density at radius 2 is 2.00 bits per heavy atom. The normalized spacial score (nSPS) is 11.0. The van der Waals surface area contributed by atoms with Crippen LogP contribution in [-0.2, 0) is 4.74 Å². The zero-order valence-corrected chi connectivity index (χ0v) is 18.3. The number of hydrogen-bond donors (Lipinski definition) is 3. The van der Waals surface area contributed by atoms with Crippen molar-refractivity contribution >= 4 is 35.7 Å². The van der Waals surface area contributed by atoms with E-state index in [1.807, 2.05) is 14.1 Å². The molecule has 0 spiro atoms. The van der Waals surface area contributed by atoms with E-state index < -0.39 is 17.7 Å². The minimum atomic E-state index is -0.674. The highest BCUT2D eigenvalue weighted by Gasteiger charge is 2.17. The van der Waals surface area contributed by atoms with Crippen molar-refractivity contribution in [2.45, 2.75) is 33.3 Å². The summed E-state index contributed by atoms with van der Waals surface area (Å²) in [6.45, 7) is 6.96. The molecule has 0 saturated heterocycles. The van der Waals surface area contributed by atoms with Gasteiger partial charge in [0.2, 0.25) is 0 Å². The lowest BCUT2D eigenvalue weighted by Crippen LogP contribution is -2.31. The van der Waals surface area contributed by atoms with Gasteiger partial charge in [0.15, 0.2) is 5.82 Å². The van der Waals surface area contributed by atoms with E-state index in [2.05, 4.69) is 32.2 Å². The Morgan fingerprint density at radius 1 is 1.29 bits per heavy atom. The number of aromatic nitrogens is 2. The fourth-order valence-electron chi connectivity index (χ4n) is 2.30. The summed E-state index contributed by atoms with van der Waals surface area (Å²) in [5.74, 6) is 0.251. The second kappa shape index (κ2) is 9.62. The molecular formula is C20H26N8O3. The molecule has 1 aromatic heterocycles. The molecule has 0 radical (unpaired) electrons. The first-order chi connectivity index (χ1) is 14.5. The molecule has 0 unspecified atom stereocenters. The van der Waals surface area contributed by atoms with Gasteiger partial charge in [0.25, 0.3) is 0 Å². The van der Waals surface area contributed by atoms with Crippen LogP contribution in [0.1, 0.15) is 31.9 Å². The first-order valence-corrected chi connectivity index (χ1v) is 9.36. The lowest BCUT2D eigenvalue weighted by atomic mass is 10.2. The minimum Gasteiger partial charge on any atom is -0.443 e. The van der Waals surface area contributed by atoms with Gasteiger partial charge in [0.1, 0.15) is 11.7 Å². The van der Waals surface area contributed by atoms with E-state index in [1.54, 1.807) is 51.1 Å². The molecule has 0 bridgehead atoms. The summed E-state index contributed by atoms with van der Waals surface area (Å²) in [4.78, 5) is 31.3. The summed E-state index contributed by atoms with van der Waals surface area (Å²) in [5, 5.41) is 18.7. The van der Waals surface area contributed by atoms with Crippen molar-refractivity contribution in [3.8, 4) is 6.07 Å². The van der Waals surface area contributed by atoms with Gasteiger partial charge < -0.3 is 15.0 Å². The quantitative estimate of drug-likeness (QED) is 0.495. The number of aryl methyl sites for hydroxylation is 1. The number of rotatable bonds is 5. The molecule has 2 aromatic rings. The molecule has 11 heteroatoms. The van der Waals surface area contributed by atoms with Gasteiger partial charge in [-0.3, -0.25) is 5.32 Å². The molecule has 0 aliphatic rings. The molecule has 11 nitrogen and oxygen atoms in total. The number of ether oxygens (including phenoxy) is 1. The largest absolute Gasteiger partial charge is 0.443 e. The number of aliphatic imine (C=N–C) groups is 1. The number of hydrogen-bond acceptors (Lipinski definition) is 6. The summed E-state index contributed by atoms with van der Waals surface area (Å²) in [7, 11) is 3.64. The number of benzene rings is 1. The van der Waals surface area contributed by atoms with E-state index >= 15 is 0 Å². The average molecular weight is 426 g/mol. The molecule has 0 atom stereocenters. The molecule has 1 aromatic carbocycles. The van der Waals surface area contributed by atoms with E-state index in [0.717, 1.165) is 4.79 Å². The number of carbonyl (C=O) groups is 2. The fraction of sp³-hybridized carbons (Fsp3) is 0.350. The molecule has 164 valence electrons. The minimum absolute atomic E-state index is 0.251. The molecule has 3 N–H and O–H groups in total. The summed E-state index contributed by atoms with van der Waals surface area (Å²) in [5.41, 5.74) is 3.64. The van der Waals surface area contributed by atoms with Crippen LogP contribution < -0.4 is 16.1 Å². The summed E-state index contributed by atoms with van der Waals surface area (Å²) >= 11 is 0. The molecule has 3 amide bonds. The highest BCUT2D eigenvalue weighted by atomic mass is 16.6. The monoisotopic (exact) mass is 426 g/mol. The molecule has 0 aliphatic heterocycles. The number of amides is 3. The maximum absolute atomic E-state index is 12.4. The van der Waals surface area contributed by atoms with E-state index in [4.69, 9.17) is 4.74 Å². The van der Waals surface area contributed by atoms with Crippen LogP contribution in [0.5, 0.6) is 0 Å². The van der Waals surface area contributed by atoms with Crippen LogP contribution in [0.25, 0.3) is 0 Å². The second-order valence-corrected chi connectivity index (χ2v) is 7.85. The molecule has 0 fully saturated rings. The first kappa shape index (κ1) is 23.2. The van der Waals surface area contributed by atoms with Crippen LogP contribution >= 0.6 is 0 Å². The zero-order valence-electron chi connectivity index (χ0n) is 18.3. The summed E-state index contributed by atoms with van der Waals surface area (Å²) < 4.78 is 5.16. The Morgan fingerprint density at radius 3 is 2.61 bits per heavy atom. The molecule has 1 heterocycles. The highest BCUT2D eigenvalue weighted by Crippen LogP contribution is 2.22. The molecule has 0 aliphatic carbocycles. The van der Waals surface area contributed by atoms with Gasteiger partial charge in [0, 0.05) is 25.3 Å². The predicted molar refractivity (Wildman–Crippen MR) is 118 cm³/mol. The third kappa shape index (κ3) is 7.36. The molecule has 0 saturated carbocycles. The smallest absolute Gasteiger partial charge is 0.428 e.